The van der Waals surface area contributed by atoms with Crippen LogP contribution in [-0.4, -0.2) is 63.8 Å². The van der Waals surface area contributed by atoms with Gasteiger partial charge in [0.25, 0.3) is 5.91 Å². The molecule has 3 fully saturated rings. The molecule has 3 aromatic carbocycles. The van der Waals surface area contributed by atoms with Gasteiger partial charge in [-0.15, -0.1) is 0 Å². The van der Waals surface area contributed by atoms with Crippen LogP contribution in [0.15, 0.2) is 71.4 Å². The van der Waals surface area contributed by atoms with E-state index in [1.807, 2.05) is 12.1 Å². The lowest BCUT2D eigenvalue weighted by atomic mass is 9.47. The van der Waals surface area contributed by atoms with Crippen molar-refractivity contribution in [3.8, 4) is 23.0 Å². The largest absolute Gasteiger partial charge is 0.508 e. The van der Waals surface area contributed by atoms with Crippen molar-refractivity contribution in [2.45, 2.75) is 109 Å². The number of ether oxygens (including phenoxy) is 2. The number of rotatable bonds is 12. The van der Waals surface area contributed by atoms with Crippen molar-refractivity contribution < 1.29 is 39.2 Å². The highest BCUT2D eigenvalue weighted by molar-refractivity contribution is 7.80. The zero-order chi connectivity index (χ0) is 43.2. The van der Waals surface area contributed by atoms with Crippen LogP contribution in [0.25, 0.3) is 0 Å². The smallest absolute Gasteiger partial charge is 0.340 e. The van der Waals surface area contributed by atoms with E-state index in [0.29, 0.717) is 75.4 Å². The number of amides is 1. The van der Waals surface area contributed by atoms with E-state index in [1.54, 1.807) is 18.2 Å². The van der Waals surface area contributed by atoms with E-state index in [-0.39, 0.29) is 40.9 Å². The number of allylic oxidation sites excluding steroid dienone is 2. The molecule has 9 rings (SSSR count). The Kier molecular flexibility index (Phi) is 11.5. The fraction of sp³-hybridized carbons (Fsp3) is 0.510. The van der Waals surface area contributed by atoms with Crippen molar-refractivity contribution in [2.24, 2.45) is 33.7 Å². The highest BCUT2D eigenvalue weighted by atomic mass is 32.1. The molecule has 2 heterocycles. The van der Waals surface area contributed by atoms with Gasteiger partial charge < -0.3 is 45.6 Å². The fourth-order valence-corrected chi connectivity index (χ4v) is 12.2. The number of hydrogen-bond donors (Lipinski definition) is 6. The summed E-state index contributed by atoms with van der Waals surface area (Å²) < 4.78 is 12.2. The molecule has 0 radical (unpaired) electrons. The lowest BCUT2D eigenvalue weighted by Gasteiger charge is -2.57. The highest BCUT2D eigenvalue weighted by Gasteiger charge is 2.59. The molecule has 1 amide bonds. The van der Waals surface area contributed by atoms with Gasteiger partial charge in [0, 0.05) is 47.6 Å². The van der Waals surface area contributed by atoms with Gasteiger partial charge >= 0.3 is 5.97 Å². The summed E-state index contributed by atoms with van der Waals surface area (Å²) in [5, 5.41) is 45.3. The Hall–Kier alpha value is -5.14. The van der Waals surface area contributed by atoms with Crippen molar-refractivity contribution >= 4 is 40.6 Å². The molecule has 1 spiro atoms. The van der Waals surface area contributed by atoms with Crippen molar-refractivity contribution in [3.05, 3.63) is 88.5 Å². The van der Waals surface area contributed by atoms with E-state index in [9.17, 15) is 24.9 Å². The number of aliphatic hydroxyl groups excluding tert-OH is 1. The lowest BCUT2D eigenvalue weighted by Crippen LogP contribution is -2.51. The molecule has 0 bridgehead atoms. The van der Waals surface area contributed by atoms with E-state index in [1.165, 1.54) is 49.1 Å². The SMILES string of the molecule is C[C@]12CC/C(=N/OCC(=O)NCCCCCCCNC(=S)Nc3ccc4c(c3)C(=O)OC43c4ccc(O)cc4Oc4cc(O)ccc43)C=C1CCC1C2CC[C@@]2(C)C1CC[C@@H]2O. The molecule has 6 atom stereocenters. The summed E-state index contributed by atoms with van der Waals surface area (Å²) in [7, 11) is 0. The quantitative estimate of drug-likeness (QED) is 0.0446. The van der Waals surface area contributed by atoms with Crippen LogP contribution in [0.3, 0.4) is 0 Å². The van der Waals surface area contributed by atoms with Gasteiger partial charge in [-0.05, 0) is 147 Å². The number of hydrogen-bond acceptors (Lipinski definition) is 10. The number of carbonyl (C=O) groups is 2. The predicted octanol–water partition coefficient (Wildman–Crippen LogP) is 8.72. The summed E-state index contributed by atoms with van der Waals surface area (Å²) in [6.45, 7) is 6.01. The number of phenolic OH excluding ortho intramolecular Hbond substituents is 2. The number of fused-ring (bicyclic) bond motifs is 11. The molecule has 0 saturated heterocycles. The van der Waals surface area contributed by atoms with Crippen LogP contribution in [0.1, 0.15) is 124 Å². The Morgan fingerprint density at radius 2 is 1.53 bits per heavy atom. The van der Waals surface area contributed by atoms with E-state index in [0.717, 1.165) is 69.9 Å². The van der Waals surface area contributed by atoms with Crippen LogP contribution in [-0.2, 0) is 20.0 Å². The Labute approximate surface area is 368 Å². The zero-order valence-electron chi connectivity index (χ0n) is 35.6. The van der Waals surface area contributed by atoms with E-state index < -0.39 is 11.6 Å². The molecule has 62 heavy (non-hydrogen) atoms. The lowest BCUT2D eigenvalue weighted by molar-refractivity contribution is -0.125. The number of aromatic hydroxyl groups is 2. The van der Waals surface area contributed by atoms with Crippen molar-refractivity contribution in [2.75, 3.05) is 25.0 Å². The minimum absolute atomic E-state index is 0.00154. The van der Waals surface area contributed by atoms with Crippen LogP contribution in [0, 0.1) is 28.6 Å². The molecular formula is C49H58N4O8S. The van der Waals surface area contributed by atoms with E-state index in [4.69, 9.17) is 26.5 Å². The summed E-state index contributed by atoms with van der Waals surface area (Å²) in [5.74, 6) is 2.01. The summed E-state index contributed by atoms with van der Waals surface area (Å²) >= 11 is 5.56. The number of unbranched alkanes of at least 4 members (excludes halogenated alkanes) is 4. The molecule has 3 aromatic rings. The van der Waals surface area contributed by atoms with Gasteiger partial charge in [-0.2, -0.15) is 0 Å². The summed E-state index contributed by atoms with van der Waals surface area (Å²) in [5.41, 5.74) is 4.17. The second-order valence-corrected chi connectivity index (χ2v) is 19.2. The maximum Gasteiger partial charge on any atom is 0.340 e. The Morgan fingerprint density at radius 1 is 0.839 bits per heavy atom. The molecule has 6 aliphatic rings. The first-order valence-electron chi connectivity index (χ1n) is 22.5. The number of nitrogens with zero attached hydrogens (tertiary/aromatic N) is 1. The van der Waals surface area contributed by atoms with Gasteiger partial charge in [-0.25, -0.2) is 4.79 Å². The van der Waals surface area contributed by atoms with Crippen LogP contribution < -0.4 is 20.7 Å². The molecule has 13 heteroatoms. The Balaban J connectivity index is 0.669. The third kappa shape index (κ3) is 7.58. The summed E-state index contributed by atoms with van der Waals surface area (Å²) in [4.78, 5) is 31.4. The molecule has 6 N–H and O–H groups in total. The van der Waals surface area contributed by atoms with Crippen molar-refractivity contribution in [3.63, 3.8) is 0 Å². The third-order valence-corrected chi connectivity index (χ3v) is 15.5. The standard InChI is InChI=1S/C49H58N4O8S/c1-47-20-18-31(24-29(47)8-12-34-36-16-17-43(56)48(36,2)21-19-37(34)47)53-59-28-44(57)50-22-6-4-3-5-7-23-51-46(62)52-30-9-13-38-35(25-30)45(58)61-49(38)39-14-10-32(54)26-41(39)60-42-27-33(55)11-15-40(42)49/h9-11,13-15,24-27,34,36-37,43,54-56H,3-8,12,16-23,28H2,1-2H3,(H,50,57)(H2,51,52,62)/b53-31-/t34?,36?,37?,43-,47-,48-/m0/s1. The normalized spacial score (nSPS) is 27.9. The second-order valence-electron chi connectivity index (χ2n) is 18.8. The zero-order valence-corrected chi connectivity index (χ0v) is 36.5. The number of phenols is 2. The minimum Gasteiger partial charge on any atom is -0.508 e. The fourth-order valence-electron chi connectivity index (χ4n) is 12.0. The van der Waals surface area contributed by atoms with Gasteiger partial charge in [0.1, 0.15) is 23.0 Å². The van der Waals surface area contributed by atoms with Gasteiger partial charge in [0.05, 0.1) is 17.4 Å². The molecule has 0 aromatic heterocycles. The number of benzene rings is 3. The van der Waals surface area contributed by atoms with E-state index >= 15 is 0 Å². The molecule has 12 nitrogen and oxygen atoms in total. The summed E-state index contributed by atoms with van der Waals surface area (Å²) in [6, 6.07) is 14.7. The number of thiocarbonyl (C=S) groups is 1. The number of nitrogens with one attached hydrogen (secondary N) is 3. The average molecular weight is 863 g/mol. The first kappa shape index (κ1) is 42.2. The second kappa shape index (κ2) is 16.9. The average Bonchev–Trinajstić information content (AvgIpc) is 3.71. The number of carbonyl (C=O) groups excluding carboxylic acids is 2. The highest BCUT2D eigenvalue weighted by Crippen LogP contribution is 2.65. The van der Waals surface area contributed by atoms with Gasteiger partial charge in [-0.1, -0.05) is 49.9 Å². The third-order valence-electron chi connectivity index (χ3n) is 15.3. The topological polar surface area (TPSA) is 171 Å². The first-order chi connectivity index (χ1) is 29.9. The van der Waals surface area contributed by atoms with Crippen LogP contribution in [0.5, 0.6) is 23.0 Å². The summed E-state index contributed by atoms with van der Waals surface area (Å²) in [6.07, 6.45) is 15.7. The Morgan fingerprint density at radius 3 is 2.27 bits per heavy atom. The number of aliphatic hydroxyl groups is 1. The van der Waals surface area contributed by atoms with E-state index in [2.05, 4.69) is 41.0 Å². The maximum atomic E-state index is 13.4. The van der Waals surface area contributed by atoms with Crippen molar-refractivity contribution in [1.82, 2.24) is 10.6 Å². The van der Waals surface area contributed by atoms with Crippen molar-refractivity contribution in [1.29, 1.82) is 0 Å². The Bertz CT molecular complexity index is 2280. The van der Waals surface area contributed by atoms with Gasteiger partial charge in [0.15, 0.2) is 17.3 Å². The van der Waals surface area contributed by atoms with Crippen LogP contribution in [0.4, 0.5) is 5.69 Å². The van der Waals surface area contributed by atoms with Crippen LogP contribution in [0.2, 0.25) is 0 Å². The molecule has 3 saturated carbocycles. The predicted molar refractivity (Wildman–Crippen MR) is 239 cm³/mol. The monoisotopic (exact) mass is 862 g/mol. The number of oxime groups is 1. The first-order valence-corrected chi connectivity index (χ1v) is 22.9. The van der Waals surface area contributed by atoms with Crippen LogP contribution >= 0.6 is 12.2 Å². The van der Waals surface area contributed by atoms with Gasteiger partial charge in [-0.3, -0.25) is 4.79 Å². The molecule has 2 aliphatic heterocycles. The molecule has 3 unspecified atom stereocenters. The molecular weight excluding hydrogens is 805 g/mol. The van der Waals surface area contributed by atoms with Gasteiger partial charge in [0.2, 0.25) is 0 Å². The maximum absolute atomic E-state index is 13.4. The molecule has 4 aliphatic carbocycles. The number of anilines is 1. The number of esters is 1. The minimum atomic E-state index is -1.32. The molecule has 328 valence electrons.